The minimum atomic E-state index is -4.21. The first-order valence-corrected chi connectivity index (χ1v) is 9.93. The van der Waals surface area contributed by atoms with Gasteiger partial charge in [-0.1, -0.05) is 19.2 Å². The zero-order chi connectivity index (χ0) is 22.6. The van der Waals surface area contributed by atoms with E-state index < -0.39 is 18.7 Å². The predicted molar refractivity (Wildman–Crippen MR) is 111 cm³/mol. The lowest BCUT2D eigenvalue weighted by molar-refractivity contribution is -0.148. The molecule has 2 heterocycles. The Balaban J connectivity index is 2.29. The Morgan fingerprint density at radius 1 is 1.27 bits per heavy atom. The van der Waals surface area contributed by atoms with Crippen LogP contribution in [0, 0.1) is 0 Å². The number of ether oxygens (including phenoxy) is 1. The van der Waals surface area contributed by atoms with Gasteiger partial charge in [-0.05, 0) is 39.3 Å². The maximum atomic E-state index is 12.7. The fraction of sp³-hybridized carbons (Fsp3) is 0.500. The smallest absolute Gasteiger partial charge is 0.401 e. The van der Waals surface area contributed by atoms with E-state index in [1.54, 1.807) is 26.1 Å². The van der Waals surface area contributed by atoms with E-state index in [4.69, 9.17) is 4.74 Å². The summed E-state index contributed by atoms with van der Waals surface area (Å²) in [5.74, 6) is -0.425. The number of carbonyl (C=O) groups is 1. The van der Waals surface area contributed by atoms with Gasteiger partial charge in [-0.15, -0.1) is 0 Å². The van der Waals surface area contributed by atoms with Crippen molar-refractivity contribution in [3.05, 3.63) is 59.7 Å². The summed E-state index contributed by atoms with van der Waals surface area (Å²) in [5.41, 5.74) is 3.20. The SMILES string of the molecule is C=CN1C(C(=C)N2CCN(CC(F)(F)F)CC2)=C(C)C(C(=O)OC(C)C)=C/C1=C/C. The molecule has 0 amide bonds. The highest BCUT2D eigenvalue weighted by atomic mass is 19.4. The molecule has 0 N–H and O–H groups in total. The summed E-state index contributed by atoms with van der Waals surface area (Å²) in [6.07, 6.45) is 0.773. The number of halogens is 3. The Kier molecular flexibility index (Phi) is 7.58. The third-order valence-electron chi connectivity index (χ3n) is 5.04. The molecule has 0 aromatic carbocycles. The van der Waals surface area contributed by atoms with Gasteiger partial charge in [0.1, 0.15) is 0 Å². The first-order valence-electron chi connectivity index (χ1n) is 9.93. The van der Waals surface area contributed by atoms with Crippen molar-refractivity contribution in [2.45, 2.75) is 40.0 Å². The number of esters is 1. The van der Waals surface area contributed by atoms with Gasteiger partial charge in [0.05, 0.1) is 29.6 Å². The normalized spacial score (nSPS) is 20.0. The Morgan fingerprint density at radius 2 is 1.87 bits per heavy atom. The van der Waals surface area contributed by atoms with Gasteiger partial charge in [-0.25, -0.2) is 4.79 Å². The van der Waals surface area contributed by atoms with E-state index in [1.165, 1.54) is 4.90 Å². The van der Waals surface area contributed by atoms with Crippen molar-refractivity contribution in [2.75, 3.05) is 32.7 Å². The number of rotatable bonds is 6. The molecule has 8 heteroatoms. The zero-order valence-electron chi connectivity index (χ0n) is 18.1. The molecule has 2 aliphatic rings. The summed E-state index contributed by atoms with van der Waals surface area (Å²) in [4.78, 5) is 17.8. The van der Waals surface area contributed by atoms with Gasteiger partial charge in [0.2, 0.25) is 0 Å². The van der Waals surface area contributed by atoms with Gasteiger partial charge in [-0.3, -0.25) is 4.90 Å². The van der Waals surface area contributed by atoms with Crippen LogP contribution in [0.1, 0.15) is 27.7 Å². The second-order valence-corrected chi connectivity index (χ2v) is 7.58. The van der Waals surface area contributed by atoms with Crippen molar-refractivity contribution in [1.29, 1.82) is 0 Å². The minimum Gasteiger partial charge on any atom is -0.459 e. The monoisotopic (exact) mass is 425 g/mol. The molecular formula is C22H30F3N3O2. The van der Waals surface area contributed by atoms with E-state index in [-0.39, 0.29) is 19.2 Å². The number of hydrogen-bond donors (Lipinski definition) is 0. The maximum absolute atomic E-state index is 12.7. The standard InChI is InChI=1S/C22H30F3N3O2/c1-7-18-13-19(21(29)30-15(3)4)16(5)20(28(18)8-2)17(6)27-11-9-26(10-12-27)14-22(23,24)25/h7-8,13,15H,2,6,9-12,14H2,1,3-5H3/b18-7-. The molecular weight excluding hydrogens is 395 g/mol. The Labute approximate surface area is 176 Å². The first-order chi connectivity index (χ1) is 14.0. The van der Waals surface area contributed by atoms with Gasteiger partial charge in [0, 0.05) is 38.1 Å². The average molecular weight is 425 g/mol. The lowest BCUT2D eigenvalue weighted by atomic mass is 9.96. The van der Waals surface area contributed by atoms with Crippen LogP contribution in [0.3, 0.4) is 0 Å². The fourth-order valence-electron chi connectivity index (χ4n) is 3.61. The molecule has 5 nitrogen and oxygen atoms in total. The van der Waals surface area contributed by atoms with Crippen LogP contribution in [0.4, 0.5) is 13.2 Å². The Morgan fingerprint density at radius 3 is 2.33 bits per heavy atom. The van der Waals surface area contributed by atoms with Crippen molar-refractivity contribution in [3.63, 3.8) is 0 Å². The largest absolute Gasteiger partial charge is 0.459 e. The van der Waals surface area contributed by atoms with E-state index in [2.05, 4.69) is 13.2 Å². The summed E-state index contributed by atoms with van der Waals surface area (Å²) in [6.45, 7) is 15.8. The number of hydrogen-bond acceptors (Lipinski definition) is 5. The summed E-state index contributed by atoms with van der Waals surface area (Å²) in [7, 11) is 0. The Hall–Kier alpha value is -2.48. The first kappa shape index (κ1) is 23.8. The average Bonchev–Trinajstić information content (AvgIpc) is 2.65. The maximum Gasteiger partial charge on any atom is 0.401 e. The van der Waals surface area contributed by atoms with Crippen LogP contribution in [0.25, 0.3) is 0 Å². The molecule has 166 valence electrons. The van der Waals surface area contributed by atoms with Crippen molar-refractivity contribution >= 4 is 5.97 Å². The molecule has 2 aliphatic heterocycles. The summed E-state index contributed by atoms with van der Waals surface area (Å²) >= 11 is 0. The number of carbonyl (C=O) groups excluding carboxylic acids is 1. The highest BCUT2D eigenvalue weighted by molar-refractivity contribution is 5.95. The van der Waals surface area contributed by atoms with Crippen LogP contribution in [0.5, 0.6) is 0 Å². The molecule has 0 bridgehead atoms. The van der Waals surface area contributed by atoms with E-state index in [9.17, 15) is 18.0 Å². The predicted octanol–water partition coefficient (Wildman–Crippen LogP) is 4.19. The van der Waals surface area contributed by atoms with Crippen LogP contribution in [-0.2, 0) is 9.53 Å². The van der Waals surface area contributed by atoms with Crippen LogP contribution < -0.4 is 0 Å². The molecule has 0 aliphatic carbocycles. The van der Waals surface area contributed by atoms with Crippen molar-refractivity contribution in [1.82, 2.24) is 14.7 Å². The fourth-order valence-corrected chi connectivity index (χ4v) is 3.61. The number of nitrogens with zero attached hydrogens (tertiary/aromatic N) is 3. The molecule has 1 fully saturated rings. The summed E-state index contributed by atoms with van der Waals surface area (Å²) < 4.78 is 43.4. The number of allylic oxidation sites excluding steroid dienone is 2. The lowest BCUT2D eigenvalue weighted by Gasteiger charge is -2.41. The topological polar surface area (TPSA) is 36.0 Å². The quantitative estimate of drug-likeness (QED) is 0.597. The number of alkyl halides is 3. The molecule has 0 spiro atoms. The second-order valence-electron chi connectivity index (χ2n) is 7.58. The molecule has 1 saturated heterocycles. The molecule has 0 unspecified atom stereocenters. The van der Waals surface area contributed by atoms with Gasteiger partial charge in [-0.2, -0.15) is 13.2 Å². The summed E-state index contributed by atoms with van der Waals surface area (Å²) in [6, 6.07) is 0. The molecule has 30 heavy (non-hydrogen) atoms. The lowest BCUT2D eigenvalue weighted by Crippen LogP contribution is -2.49. The zero-order valence-corrected chi connectivity index (χ0v) is 18.1. The van der Waals surface area contributed by atoms with Gasteiger partial charge in [0.15, 0.2) is 0 Å². The van der Waals surface area contributed by atoms with E-state index in [0.29, 0.717) is 35.6 Å². The molecule has 2 rings (SSSR count). The van der Waals surface area contributed by atoms with Crippen molar-refractivity contribution in [2.24, 2.45) is 0 Å². The van der Waals surface area contributed by atoms with Crippen molar-refractivity contribution < 1.29 is 22.7 Å². The third kappa shape index (κ3) is 5.56. The van der Waals surface area contributed by atoms with E-state index >= 15 is 0 Å². The van der Waals surface area contributed by atoms with Crippen molar-refractivity contribution in [3.8, 4) is 0 Å². The minimum absolute atomic E-state index is 0.258. The van der Waals surface area contributed by atoms with Gasteiger partial charge >= 0.3 is 12.1 Å². The second kappa shape index (κ2) is 9.55. The van der Waals surface area contributed by atoms with Crippen LogP contribution >= 0.6 is 0 Å². The molecule has 0 aromatic rings. The van der Waals surface area contributed by atoms with E-state index in [1.807, 2.05) is 29.7 Å². The molecule has 0 saturated carbocycles. The van der Waals surface area contributed by atoms with E-state index in [0.717, 1.165) is 5.70 Å². The Bertz CT molecular complexity index is 786. The van der Waals surface area contributed by atoms with Crippen LogP contribution in [-0.4, -0.2) is 65.7 Å². The number of piperazine rings is 1. The molecule has 0 radical (unpaired) electrons. The van der Waals surface area contributed by atoms with Gasteiger partial charge in [0.25, 0.3) is 0 Å². The highest BCUT2D eigenvalue weighted by Crippen LogP contribution is 2.35. The molecule has 0 atom stereocenters. The van der Waals surface area contributed by atoms with Gasteiger partial charge < -0.3 is 14.5 Å². The highest BCUT2D eigenvalue weighted by Gasteiger charge is 2.34. The van der Waals surface area contributed by atoms with Crippen LogP contribution in [0.2, 0.25) is 0 Å². The third-order valence-corrected chi connectivity index (χ3v) is 5.04. The molecule has 0 aromatic heterocycles. The summed E-state index contributed by atoms with van der Waals surface area (Å²) in [5, 5.41) is 0. The van der Waals surface area contributed by atoms with Crippen LogP contribution in [0.15, 0.2) is 59.7 Å².